The summed E-state index contributed by atoms with van der Waals surface area (Å²) >= 11 is 6.22. The highest BCUT2D eigenvalue weighted by Crippen LogP contribution is 2.55. The molecule has 0 bridgehead atoms. The number of urea groups is 1. The van der Waals surface area contributed by atoms with Crippen LogP contribution in [0.5, 0.6) is 5.75 Å². The summed E-state index contributed by atoms with van der Waals surface area (Å²) in [5.74, 6) is 0.778. The first kappa shape index (κ1) is 33.2. The number of anilines is 2. The van der Waals surface area contributed by atoms with Crippen molar-refractivity contribution in [3.8, 4) is 11.8 Å². The van der Waals surface area contributed by atoms with Crippen molar-refractivity contribution in [2.24, 2.45) is 10.8 Å². The van der Waals surface area contributed by atoms with E-state index in [1.165, 1.54) is 0 Å². The van der Waals surface area contributed by atoms with Gasteiger partial charge in [0.25, 0.3) is 5.91 Å². The van der Waals surface area contributed by atoms with Crippen molar-refractivity contribution in [1.29, 1.82) is 5.26 Å². The van der Waals surface area contributed by atoms with Crippen molar-refractivity contribution < 1.29 is 19.1 Å². The van der Waals surface area contributed by atoms with Gasteiger partial charge in [0.1, 0.15) is 17.9 Å². The Kier molecular flexibility index (Phi) is 9.02. The van der Waals surface area contributed by atoms with Crippen LogP contribution in [0.15, 0.2) is 54.6 Å². The Morgan fingerprint density at radius 3 is 2.31 bits per heavy atom. The number of halogens is 1. The summed E-state index contributed by atoms with van der Waals surface area (Å²) in [5, 5.41) is 23.7. The molecule has 2 N–H and O–H groups in total. The number of carbonyl (C=O) groups excluding carboxylic acids is 3. The molecule has 48 heavy (non-hydrogen) atoms. The van der Waals surface area contributed by atoms with E-state index in [1.54, 1.807) is 29.2 Å². The second kappa shape index (κ2) is 13.1. The van der Waals surface area contributed by atoms with Gasteiger partial charge in [-0.2, -0.15) is 5.26 Å². The van der Waals surface area contributed by atoms with Gasteiger partial charge in [-0.1, -0.05) is 51.4 Å². The Bertz CT molecular complexity index is 1730. The van der Waals surface area contributed by atoms with Crippen LogP contribution in [0.3, 0.4) is 0 Å². The number of ether oxygens (including phenoxy) is 1. The van der Waals surface area contributed by atoms with Gasteiger partial charge in [0, 0.05) is 74.3 Å². The maximum atomic E-state index is 13.3. The first-order valence-corrected chi connectivity index (χ1v) is 16.4. The molecule has 0 atom stereocenters. The zero-order valence-electron chi connectivity index (χ0n) is 27.5. The fourth-order valence-corrected chi connectivity index (χ4v) is 7.61. The summed E-state index contributed by atoms with van der Waals surface area (Å²) in [6, 6.07) is 18.0. The van der Waals surface area contributed by atoms with Crippen molar-refractivity contribution >= 4 is 41.0 Å². The average molecular weight is 671 g/mol. The number of hydrogen-bond donors (Lipinski definition) is 2. The van der Waals surface area contributed by atoms with Crippen molar-refractivity contribution in [2.75, 3.05) is 42.5 Å². The largest absolute Gasteiger partial charge is 0.489 e. The predicted molar refractivity (Wildman–Crippen MR) is 181 cm³/mol. The smallest absolute Gasteiger partial charge is 0.328 e. The van der Waals surface area contributed by atoms with E-state index in [-0.39, 0.29) is 46.5 Å². The molecular weight excluding hydrogens is 632 g/mol. The Balaban J connectivity index is 0.994. The van der Waals surface area contributed by atoms with Crippen LogP contribution in [0, 0.1) is 22.2 Å². The number of nitriles is 1. The molecule has 2 saturated heterocycles. The number of amides is 4. The molecule has 0 spiro atoms. The third kappa shape index (κ3) is 6.53. The minimum Gasteiger partial charge on any atom is -0.489 e. The predicted octanol–water partition coefficient (Wildman–Crippen LogP) is 4.38. The maximum absolute atomic E-state index is 13.3. The number of carbonyl (C=O) groups is 3. The third-order valence-electron chi connectivity index (χ3n) is 9.72. The summed E-state index contributed by atoms with van der Waals surface area (Å²) in [4.78, 5) is 43.0. The minimum absolute atomic E-state index is 0.183. The molecule has 1 aliphatic carbocycles. The van der Waals surface area contributed by atoms with Gasteiger partial charge in [0.15, 0.2) is 11.5 Å². The number of rotatable bonds is 8. The Hall–Kier alpha value is -4.73. The summed E-state index contributed by atoms with van der Waals surface area (Å²) in [7, 11) is 0. The number of nitrogens with one attached hydrogen (secondary N) is 2. The normalized spacial score (nSPS) is 21.9. The molecule has 3 heterocycles. The van der Waals surface area contributed by atoms with Gasteiger partial charge in [-0.05, 0) is 42.0 Å². The van der Waals surface area contributed by atoms with Gasteiger partial charge in [0.2, 0.25) is 5.91 Å². The summed E-state index contributed by atoms with van der Waals surface area (Å²) in [6.45, 7) is 12.6. The van der Waals surface area contributed by atoms with E-state index in [1.807, 2.05) is 30.3 Å². The molecule has 3 aromatic rings. The number of hydrogen-bond acceptors (Lipinski definition) is 9. The molecule has 0 radical (unpaired) electrons. The molecule has 1 saturated carbocycles. The maximum Gasteiger partial charge on any atom is 0.328 e. The molecule has 3 aliphatic rings. The summed E-state index contributed by atoms with van der Waals surface area (Å²) < 4.78 is 6.33. The summed E-state index contributed by atoms with van der Waals surface area (Å²) in [5.41, 5.74) is 1.78. The van der Waals surface area contributed by atoms with Gasteiger partial charge in [0.05, 0.1) is 10.6 Å². The van der Waals surface area contributed by atoms with Crippen molar-refractivity contribution in [1.82, 2.24) is 25.7 Å². The Labute approximate surface area is 285 Å². The fourth-order valence-electron chi connectivity index (χ4n) is 7.40. The van der Waals surface area contributed by atoms with Gasteiger partial charge >= 0.3 is 6.03 Å². The van der Waals surface area contributed by atoms with Gasteiger partial charge < -0.3 is 15.0 Å². The number of aromatic nitrogens is 2. The van der Waals surface area contributed by atoms with Crippen LogP contribution >= 0.6 is 11.6 Å². The zero-order valence-corrected chi connectivity index (χ0v) is 28.3. The minimum atomic E-state index is -0.389. The number of imide groups is 1. The molecule has 1 aromatic heterocycles. The Morgan fingerprint density at radius 1 is 1.00 bits per heavy atom. The van der Waals surface area contributed by atoms with Crippen molar-refractivity contribution in [3.63, 3.8) is 0 Å². The topological polar surface area (TPSA) is 144 Å². The average Bonchev–Trinajstić information content (AvgIpc) is 3.07. The van der Waals surface area contributed by atoms with Crippen molar-refractivity contribution in [2.45, 2.75) is 52.8 Å². The van der Waals surface area contributed by atoms with E-state index >= 15 is 0 Å². The first-order chi connectivity index (χ1) is 22.9. The highest BCUT2D eigenvalue weighted by atomic mass is 35.5. The van der Waals surface area contributed by atoms with Gasteiger partial charge in [-0.25, -0.2) is 4.79 Å². The number of piperazine rings is 1. The number of nitrogens with zero attached hydrogens (tertiary/aromatic N) is 6. The van der Waals surface area contributed by atoms with Crippen LogP contribution < -0.4 is 25.2 Å². The molecule has 3 fully saturated rings. The monoisotopic (exact) mass is 670 g/mol. The summed E-state index contributed by atoms with van der Waals surface area (Å²) in [6.07, 6.45) is 0.0898. The van der Waals surface area contributed by atoms with Gasteiger partial charge in [-0.15, -0.1) is 10.2 Å². The molecule has 13 heteroatoms. The third-order valence-corrected chi connectivity index (χ3v) is 10.0. The standard InChI is InChI=1S/C35H39ClN8O4/c1-34(2)31(35(3,4)32(34)48-25-10-7-23(20-37)26(36)19-25)39-30(46)27-11-12-28(41-40-27)43-17-15-42(16-18-43)21-22-5-8-24(9-6-22)44-14-13-29(45)38-33(44)47/h5-12,19,31-32H,13-18,21H2,1-4H3,(H,39,46)(H,38,45,47). The fraction of sp³-hybridized carbons (Fsp3) is 0.429. The molecule has 2 aromatic carbocycles. The van der Waals surface area contributed by atoms with E-state index in [4.69, 9.17) is 21.6 Å². The molecule has 12 nitrogen and oxygen atoms in total. The van der Waals surface area contributed by atoms with E-state index in [9.17, 15) is 14.4 Å². The highest BCUT2D eigenvalue weighted by Gasteiger charge is 2.64. The van der Waals surface area contributed by atoms with Crippen LogP contribution in [0.25, 0.3) is 0 Å². The Morgan fingerprint density at radius 2 is 1.71 bits per heavy atom. The lowest BCUT2D eigenvalue weighted by Crippen LogP contribution is -2.74. The lowest BCUT2D eigenvalue weighted by atomic mass is 9.49. The lowest BCUT2D eigenvalue weighted by Gasteiger charge is -2.63. The second-order valence-electron chi connectivity index (χ2n) is 13.8. The van der Waals surface area contributed by atoms with Crippen molar-refractivity contribution in [3.05, 3.63) is 76.4 Å². The number of benzene rings is 2. The molecule has 6 rings (SSSR count). The van der Waals surface area contributed by atoms with Gasteiger partial charge in [-0.3, -0.25) is 24.7 Å². The molecule has 0 unspecified atom stereocenters. The van der Waals surface area contributed by atoms with Crippen LogP contribution in [-0.4, -0.2) is 77.8 Å². The van der Waals surface area contributed by atoms with Crippen LogP contribution in [0.4, 0.5) is 16.3 Å². The SMILES string of the molecule is CC1(C)C(NC(=O)c2ccc(N3CCN(Cc4ccc(N5CCC(=O)NC5=O)cc4)CC3)nn2)C(C)(C)C1Oc1ccc(C#N)c(Cl)c1. The molecule has 2 aliphatic heterocycles. The molecule has 250 valence electrons. The quantitative estimate of drug-likeness (QED) is 0.357. The van der Waals surface area contributed by atoms with Crippen LogP contribution in [-0.2, 0) is 11.3 Å². The van der Waals surface area contributed by atoms with E-state index in [0.717, 1.165) is 49.8 Å². The first-order valence-electron chi connectivity index (χ1n) is 16.1. The van der Waals surface area contributed by atoms with E-state index in [2.05, 4.69) is 64.4 Å². The highest BCUT2D eigenvalue weighted by molar-refractivity contribution is 6.31. The molecule has 4 amide bonds. The van der Waals surface area contributed by atoms with E-state index in [0.29, 0.717) is 29.3 Å². The van der Waals surface area contributed by atoms with Crippen LogP contribution in [0.2, 0.25) is 5.02 Å². The zero-order chi connectivity index (χ0) is 34.2. The second-order valence-corrected chi connectivity index (χ2v) is 14.2. The lowest BCUT2D eigenvalue weighted by molar-refractivity contribution is -0.164. The van der Waals surface area contributed by atoms with E-state index < -0.39 is 0 Å². The molecular formula is C35H39ClN8O4. The van der Waals surface area contributed by atoms with Crippen LogP contribution in [0.1, 0.15) is 55.7 Å².